The summed E-state index contributed by atoms with van der Waals surface area (Å²) in [5, 5.41) is 8.00. The van der Waals surface area contributed by atoms with E-state index in [0.29, 0.717) is 16.6 Å². The van der Waals surface area contributed by atoms with Crippen LogP contribution in [0.15, 0.2) is 53.3 Å². The summed E-state index contributed by atoms with van der Waals surface area (Å²) in [6, 6.07) is 14.5. The van der Waals surface area contributed by atoms with Gasteiger partial charge in [0, 0.05) is 23.2 Å². The van der Waals surface area contributed by atoms with Gasteiger partial charge in [-0.1, -0.05) is 11.6 Å². The molecular weight excluding hydrogens is 444 g/mol. The van der Waals surface area contributed by atoms with Crippen molar-refractivity contribution in [1.82, 2.24) is 19.7 Å². The zero-order valence-electron chi connectivity index (χ0n) is 18.9. The van der Waals surface area contributed by atoms with Crippen LogP contribution in [0.5, 0.6) is 11.5 Å². The molecule has 1 aromatic heterocycles. The van der Waals surface area contributed by atoms with Crippen molar-refractivity contribution in [2.75, 3.05) is 13.7 Å². The highest BCUT2D eigenvalue weighted by Gasteiger charge is 2.31. The molecule has 0 saturated heterocycles. The molecule has 0 spiro atoms. The summed E-state index contributed by atoms with van der Waals surface area (Å²) in [5.41, 5.74) is -0.422. The molecular formula is C24H27ClN4O4. The predicted molar refractivity (Wildman–Crippen MR) is 126 cm³/mol. The van der Waals surface area contributed by atoms with Gasteiger partial charge < -0.3 is 14.8 Å². The van der Waals surface area contributed by atoms with E-state index in [1.165, 1.54) is 4.68 Å². The molecule has 2 aromatic carbocycles. The van der Waals surface area contributed by atoms with E-state index in [9.17, 15) is 9.59 Å². The highest BCUT2D eigenvalue weighted by atomic mass is 35.5. The van der Waals surface area contributed by atoms with Crippen LogP contribution in [0.2, 0.25) is 5.02 Å². The van der Waals surface area contributed by atoms with E-state index in [2.05, 4.69) is 10.4 Å². The third-order valence-corrected chi connectivity index (χ3v) is 5.73. The van der Waals surface area contributed by atoms with Crippen LogP contribution in [0.25, 0.3) is 11.4 Å². The van der Waals surface area contributed by atoms with Gasteiger partial charge in [-0.3, -0.25) is 9.36 Å². The van der Waals surface area contributed by atoms with E-state index in [1.807, 2.05) is 24.3 Å². The minimum Gasteiger partial charge on any atom is -0.497 e. The topological polar surface area (TPSA) is 87.4 Å². The number of halogens is 1. The molecule has 8 nitrogen and oxygen atoms in total. The molecule has 1 N–H and O–H groups in total. The number of benzene rings is 2. The van der Waals surface area contributed by atoms with Crippen LogP contribution in [0.3, 0.4) is 0 Å². The van der Waals surface area contributed by atoms with Crippen LogP contribution in [-0.2, 0) is 11.3 Å². The molecule has 1 amide bonds. The first-order valence-electron chi connectivity index (χ1n) is 10.8. The number of aromatic nitrogens is 3. The van der Waals surface area contributed by atoms with Crippen LogP contribution in [0, 0.1) is 0 Å². The molecule has 1 saturated carbocycles. The Kier molecular flexibility index (Phi) is 6.47. The second kappa shape index (κ2) is 9.31. The Morgan fingerprint density at radius 3 is 2.36 bits per heavy atom. The molecule has 33 heavy (non-hydrogen) atoms. The van der Waals surface area contributed by atoms with Crippen molar-refractivity contribution in [3.05, 3.63) is 64.0 Å². The standard InChI is InChI=1S/C24H27ClN4O4/c1-24(2,33-20-12-6-17(25)7-13-20)22(30)26-14-15-28-23(31)29(18-8-9-18)21(27-28)16-4-10-19(32-3)11-5-16/h4-7,10-13,18H,8-9,14-15H2,1-3H3,(H,26,30). The van der Waals surface area contributed by atoms with E-state index in [1.54, 1.807) is 49.8 Å². The fourth-order valence-electron chi connectivity index (χ4n) is 3.50. The normalized spacial score (nSPS) is 13.6. The number of nitrogens with zero attached hydrogens (tertiary/aromatic N) is 3. The largest absolute Gasteiger partial charge is 0.497 e. The molecule has 1 aliphatic carbocycles. The molecule has 0 aliphatic heterocycles. The van der Waals surface area contributed by atoms with Gasteiger partial charge in [0.15, 0.2) is 11.4 Å². The van der Waals surface area contributed by atoms with Gasteiger partial charge in [0.25, 0.3) is 5.91 Å². The number of methoxy groups -OCH3 is 1. The van der Waals surface area contributed by atoms with Gasteiger partial charge in [-0.2, -0.15) is 0 Å². The first kappa shape index (κ1) is 22.9. The predicted octanol–water partition coefficient (Wildman–Crippen LogP) is 3.68. The highest BCUT2D eigenvalue weighted by Crippen LogP contribution is 2.36. The van der Waals surface area contributed by atoms with Crippen molar-refractivity contribution >= 4 is 17.5 Å². The van der Waals surface area contributed by atoms with Crippen molar-refractivity contribution in [1.29, 1.82) is 0 Å². The second-order valence-electron chi connectivity index (χ2n) is 8.48. The quantitative estimate of drug-likeness (QED) is 0.515. The molecule has 4 rings (SSSR count). The molecule has 1 heterocycles. The van der Waals surface area contributed by atoms with Gasteiger partial charge in [0.2, 0.25) is 0 Å². The summed E-state index contributed by atoms with van der Waals surface area (Å²) in [7, 11) is 1.61. The lowest BCUT2D eigenvalue weighted by Crippen LogP contribution is -2.47. The maximum atomic E-state index is 13.0. The lowest BCUT2D eigenvalue weighted by Gasteiger charge is -2.25. The van der Waals surface area contributed by atoms with Gasteiger partial charge in [0.05, 0.1) is 13.7 Å². The Bertz CT molecular complexity index is 1180. The van der Waals surface area contributed by atoms with Crippen LogP contribution in [-0.4, -0.2) is 39.5 Å². The number of hydrogen-bond donors (Lipinski definition) is 1. The Labute approximate surface area is 197 Å². The van der Waals surface area contributed by atoms with E-state index < -0.39 is 5.60 Å². The number of carbonyl (C=O) groups excluding carboxylic acids is 1. The maximum Gasteiger partial charge on any atom is 0.346 e. The number of ether oxygens (including phenoxy) is 2. The average molecular weight is 471 g/mol. The van der Waals surface area contributed by atoms with Crippen LogP contribution >= 0.6 is 11.6 Å². The number of hydrogen-bond acceptors (Lipinski definition) is 5. The van der Waals surface area contributed by atoms with Crippen molar-refractivity contribution in [2.24, 2.45) is 0 Å². The molecule has 0 bridgehead atoms. The van der Waals surface area contributed by atoms with Crippen LogP contribution in [0.1, 0.15) is 32.7 Å². The Hall–Kier alpha value is -3.26. The Balaban J connectivity index is 1.43. The number of amides is 1. The van der Waals surface area contributed by atoms with Crippen molar-refractivity contribution in [3.63, 3.8) is 0 Å². The average Bonchev–Trinajstić information content (AvgIpc) is 3.59. The van der Waals surface area contributed by atoms with Gasteiger partial charge in [-0.05, 0) is 75.2 Å². The van der Waals surface area contributed by atoms with Crippen LogP contribution < -0.4 is 20.5 Å². The summed E-state index contributed by atoms with van der Waals surface area (Å²) < 4.78 is 14.2. The molecule has 1 aliphatic rings. The molecule has 9 heteroatoms. The summed E-state index contributed by atoms with van der Waals surface area (Å²) in [6.07, 6.45) is 1.92. The van der Waals surface area contributed by atoms with Crippen LogP contribution in [0.4, 0.5) is 0 Å². The van der Waals surface area contributed by atoms with E-state index in [0.717, 1.165) is 24.2 Å². The van der Waals surface area contributed by atoms with Gasteiger partial charge >= 0.3 is 5.69 Å². The fourth-order valence-corrected chi connectivity index (χ4v) is 3.62. The van der Waals surface area contributed by atoms with Gasteiger partial charge in [-0.15, -0.1) is 5.10 Å². The minimum atomic E-state index is -1.10. The zero-order valence-corrected chi connectivity index (χ0v) is 19.6. The molecule has 0 radical (unpaired) electrons. The fraction of sp³-hybridized carbons (Fsp3) is 0.375. The third kappa shape index (κ3) is 5.22. The van der Waals surface area contributed by atoms with Crippen molar-refractivity contribution in [3.8, 4) is 22.9 Å². The van der Waals surface area contributed by atoms with E-state index in [-0.39, 0.29) is 30.7 Å². The molecule has 3 aromatic rings. The summed E-state index contributed by atoms with van der Waals surface area (Å²) >= 11 is 5.90. The molecule has 0 atom stereocenters. The van der Waals surface area contributed by atoms with E-state index >= 15 is 0 Å². The number of carbonyl (C=O) groups is 1. The number of rotatable bonds is 9. The monoisotopic (exact) mass is 470 g/mol. The molecule has 174 valence electrons. The van der Waals surface area contributed by atoms with Gasteiger partial charge in [0.1, 0.15) is 11.5 Å². The maximum absolute atomic E-state index is 13.0. The minimum absolute atomic E-state index is 0.171. The Morgan fingerprint density at radius 1 is 1.12 bits per heavy atom. The molecule has 0 unspecified atom stereocenters. The second-order valence-corrected chi connectivity index (χ2v) is 8.92. The lowest BCUT2D eigenvalue weighted by atomic mass is 10.1. The number of nitrogens with one attached hydrogen (secondary N) is 1. The third-order valence-electron chi connectivity index (χ3n) is 5.47. The highest BCUT2D eigenvalue weighted by molar-refractivity contribution is 6.30. The summed E-state index contributed by atoms with van der Waals surface area (Å²) in [4.78, 5) is 25.7. The van der Waals surface area contributed by atoms with Crippen molar-refractivity contribution in [2.45, 2.75) is 44.9 Å². The SMILES string of the molecule is COc1ccc(-c2nn(CCNC(=O)C(C)(C)Oc3ccc(Cl)cc3)c(=O)n2C2CC2)cc1. The smallest absolute Gasteiger partial charge is 0.346 e. The zero-order chi connectivity index (χ0) is 23.6. The van der Waals surface area contributed by atoms with Crippen molar-refractivity contribution < 1.29 is 14.3 Å². The summed E-state index contributed by atoms with van der Waals surface area (Å²) in [6.45, 7) is 3.87. The first-order chi connectivity index (χ1) is 15.8. The van der Waals surface area contributed by atoms with Gasteiger partial charge in [-0.25, -0.2) is 9.48 Å². The summed E-state index contributed by atoms with van der Waals surface area (Å²) in [5.74, 6) is 1.62. The van der Waals surface area contributed by atoms with E-state index in [4.69, 9.17) is 21.1 Å². The molecule has 1 fully saturated rings. The first-order valence-corrected chi connectivity index (χ1v) is 11.2. The Morgan fingerprint density at radius 2 is 1.76 bits per heavy atom. The lowest BCUT2D eigenvalue weighted by molar-refractivity contribution is -0.134.